The van der Waals surface area contributed by atoms with Crippen molar-refractivity contribution in [2.75, 3.05) is 18.0 Å². The van der Waals surface area contributed by atoms with Crippen molar-refractivity contribution in [1.82, 2.24) is 0 Å². The van der Waals surface area contributed by atoms with Gasteiger partial charge in [0, 0.05) is 24.2 Å². The van der Waals surface area contributed by atoms with E-state index in [9.17, 15) is 10.0 Å². The molecule has 0 amide bonds. The summed E-state index contributed by atoms with van der Waals surface area (Å²) in [7, 11) is -1.37. The molecule has 0 saturated carbocycles. The number of para-hydroxylation sites is 1. The molecule has 1 heterocycles. The molecule has 0 radical (unpaired) electrons. The minimum absolute atomic E-state index is 0.611. The van der Waals surface area contributed by atoms with E-state index >= 15 is 0 Å². The highest BCUT2D eigenvalue weighted by Gasteiger charge is 2.20. The molecule has 80 valence electrons. The van der Waals surface area contributed by atoms with Gasteiger partial charge in [-0.1, -0.05) is 18.2 Å². The van der Waals surface area contributed by atoms with Crippen LogP contribution in [0.25, 0.3) is 0 Å². The SMILES string of the molecule is OB(O)c1ccccc1N1CCCCC1. The van der Waals surface area contributed by atoms with Crippen molar-refractivity contribution in [2.45, 2.75) is 19.3 Å². The highest BCUT2D eigenvalue weighted by atomic mass is 16.4. The predicted molar refractivity (Wildman–Crippen MR) is 62.3 cm³/mol. The van der Waals surface area contributed by atoms with Gasteiger partial charge in [-0.15, -0.1) is 0 Å². The van der Waals surface area contributed by atoms with Gasteiger partial charge in [-0.25, -0.2) is 0 Å². The van der Waals surface area contributed by atoms with Crippen LogP contribution in [0.15, 0.2) is 24.3 Å². The molecule has 0 atom stereocenters. The fourth-order valence-electron chi connectivity index (χ4n) is 2.13. The van der Waals surface area contributed by atoms with Crippen LogP contribution in [-0.2, 0) is 0 Å². The summed E-state index contributed by atoms with van der Waals surface area (Å²) in [6.45, 7) is 2.04. The first-order valence-electron chi connectivity index (χ1n) is 5.49. The summed E-state index contributed by atoms with van der Waals surface area (Å²) in [5.74, 6) is 0. The lowest BCUT2D eigenvalue weighted by Gasteiger charge is -2.30. The number of hydrogen-bond donors (Lipinski definition) is 2. The van der Waals surface area contributed by atoms with Crippen LogP contribution in [-0.4, -0.2) is 30.3 Å². The first-order chi connectivity index (χ1) is 7.29. The first-order valence-corrected chi connectivity index (χ1v) is 5.49. The Morgan fingerprint density at radius 2 is 1.67 bits per heavy atom. The molecule has 1 fully saturated rings. The summed E-state index contributed by atoms with van der Waals surface area (Å²) in [6.07, 6.45) is 3.66. The summed E-state index contributed by atoms with van der Waals surface area (Å²) in [4.78, 5) is 2.23. The van der Waals surface area contributed by atoms with Gasteiger partial charge in [0.15, 0.2) is 0 Å². The van der Waals surface area contributed by atoms with Crippen LogP contribution in [0.2, 0.25) is 0 Å². The van der Waals surface area contributed by atoms with Crippen molar-refractivity contribution in [3.63, 3.8) is 0 Å². The van der Waals surface area contributed by atoms with Crippen LogP contribution in [0, 0.1) is 0 Å². The number of piperidine rings is 1. The fourth-order valence-corrected chi connectivity index (χ4v) is 2.13. The smallest absolute Gasteiger partial charge is 0.423 e. The van der Waals surface area contributed by atoms with E-state index in [0.717, 1.165) is 18.8 Å². The fraction of sp³-hybridized carbons (Fsp3) is 0.455. The van der Waals surface area contributed by atoms with Gasteiger partial charge in [0.25, 0.3) is 0 Å². The van der Waals surface area contributed by atoms with Crippen LogP contribution >= 0.6 is 0 Å². The monoisotopic (exact) mass is 205 g/mol. The van der Waals surface area contributed by atoms with Crippen molar-refractivity contribution in [2.24, 2.45) is 0 Å². The molecule has 0 bridgehead atoms. The number of nitrogens with zero attached hydrogens (tertiary/aromatic N) is 1. The van der Waals surface area contributed by atoms with Gasteiger partial charge in [0.1, 0.15) is 0 Å². The average Bonchev–Trinajstić information content (AvgIpc) is 2.30. The average molecular weight is 205 g/mol. The Morgan fingerprint density at radius 1 is 1.00 bits per heavy atom. The summed E-state index contributed by atoms with van der Waals surface area (Å²) in [5.41, 5.74) is 1.58. The Labute approximate surface area is 90.5 Å². The largest absolute Gasteiger partial charge is 0.490 e. The van der Waals surface area contributed by atoms with Crippen molar-refractivity contribution in [3.05, 3.63) is 24.3 Å². The Kier molecular flexibility index (Phi) is 3.28. The van der Waals surface area contributed by atoms with Crippen LogP contribution in [0.1, 0.15) is 19.3 Å². The minimum atomic E-state index is -1.37. The van der Waals surface area contributed by atoms with Crippen molar-refractivity contribution < 1.29 is 10.0 Å². The Bertz CT molecular complexity index is 324. The lowest BCUT2D eigenvalue weighted by atomic mass is 9.78. The molecule has 0 spiro atoms. The van der Waals surface area contributed by atoms with E-state index in [4.69, 9.17) is 0 Å². The summed E-state index contributed by atoms with van der Waals surface area (Å²) in [6, 6.07) is 7.51. The summed E-state index contributed by atoms with van der Waals surface area (Å²) in [5, 5.41) is 18.5. The third kappa shape index (κ3) is 2.33. The molecule has 2 N–H and O–H groups in total. The van der Waals surface area contributed by atoms with Gasteiger partial charge in [-0.3, -0.25) is 0 Å². The van der Waals surface area contributed by atoms with Crippen LogP contribution in [0.5, 0.6) is 0 Å². The van der Waals surface area contributed by atoms with E-state index < -0.39 is 7.12 Å². The third-order valence-electron chi connectivity index (χ3n) is 2.91. The zero-order valence-corrected chi connectivity index (χ0v) is 8.76. The normalized spacial score (nSPS) is 16.5. The Morgan fingerprint density at radius 3 is 2.33 bits per heavy atom. The van der Waals surface area contributed by atoms with Crippen LogP contribution < -0.4 is 10.4 Å². The van der Waals surface area contributed by atoms with E-state index in [0.29, 0.717) is 5.46 Å². The van der Waals surface area contributed by atoms with Crippen LogP contribution in [0.4, 0.5) is 5.69 Å². The maximum Gasteiger partial charge on any atom is 0.490 e. The molecule has 0 aliphatic carbocycles. The van der Waals surface area contributed by atoms with Gasteiger partial charge < -0.3 is 14.9 Å². The van der Waals surface area contributed by atoms with E-state index in [2.05, 4.69) is 4.90 Å². The number of rotatable bonds is 2. The van der Waals surface area contributed by atoms with Gasteiger partial charge in [-0.2, -0.15) is 0 Å². The van der Waals surface area contributed by atoms with Crippen molar-refractivity contribution in [1.29, 1.82) is 0 Å². The van der Waals surface area contributed by atoms with Gasteiger partial charge >= 0.3 is 7.12 Å². The van der Waals surface area contributed by atoms with Gasteiger partial charge in [-0.05, 0) is 25.3 Å². The lowest BCUT2D eigenvalue weighted by Crippen LogP contribution is -2.39. The van der Waals surface area contributed by atoms with Crippen molar-refractivity contribution >= 4 is 18.3 Å². The van der Waals surface area contributed by atoms with E-state index in [-0.39, 0.29) is 0 Å². The number of benzene rings is 1. The van der Waals surface area contributed by atoms with E-state index in [1.54, 1.807) is 6.07 Å². The Hall–Kier alpha value is -0.995. The van der Waals surface area contributed by atoms with E-state index in [1.807, 2.05) is 18.2 Å². The molecule has 3 nitrogen and oxygen atoms in total. The predicted octanol–water partition coefficient (Wildman–Crippen LogP) is 0.357. The molecule has 15 heavy (non-hydrogen) atoms. The quantitative estimate of drug-likeness (QED) is 0.685. The highest BCUT2D eigenvalue weighted by Crippen LogP contribution is 2.17. The maximum absolute atomic E-state index is 9.26. The van der Waals surface area contributed by atoms with Gasteiger partial charge in [0.2, 0.25) is 0 Å². The molecule has 1 aliphatic rings. The number of hydrogen-bond acceptors (Lipinski definition) is 3. The molecule has 1 aliphatic heterocycles. The lowest BCUT2D eigenvalue weighted by molar-refractivity contribution is 0.425. The second-order valence-corrected chi connectivity index (χ2v) is 3.98. The van der Waals surface area contributed by atoms with Crippen LogP contribution in [0.3, 0.4) is 0 Å². The zero-order chi connectivity index (χ0) is 10.7. The molecule has 1 aromatic rings. The van der Waals surface area contributed by atoms with Gasteiger partial charge in [0.05, 0.1) is 0 Å². The minimum Gasteiger partial charge on any atom is -0.423 e. The Balaban J connectivity index is 2.25. The third-order valence-corrected chi connectivity index (χ3v) is 2.91. The maximum atomic E-state index is 9.26. The molecule has 0 unspecified atom stereocenters. The summed E-state index contributed by atoms with van der Waals surface area (Å²) < 4.78 is 0. The number of anilines is 1. The molecule has 1 saturated heterocycles. The molecule has 4 heteroatoms. The second kappa shape index (κ2) is 4.68. The summed E-state index contributed by atoms with van der Waals surface area (Å²) >= 11 is 0. The zero-order valence-electron chi connectivity index (χ0n) is 8.76. The topological polar surface area (TPSA) is 43.7 Å². The second-order valence-electron chi connectivity index (χ2n) is 3.98. The molecule has 0 aromatic heterocycles. The van der Waals surface area contributed by atoms with Crippen molar-refractivity contribution in [3.8, 4) is 0 Å². The molecule has 1 aromatic carbocycles. The highest BCUT2D eigenvalue weighted by molar-refractivity contribution is 6.60. The molecular formula is C11H16BNO2. The standard InChI is InChI=1S/C11H16BNO2/c14-12(15)10-6-2-3-7-11(10)13-8-4-1-5-9-13/h2-3,6-7,14-15H,1,4-5,8-9H2. The first kappa shape index (κ1) is 10.5. The molecular weight excluding hydrogens is 189 g/mol. The molecule has 2 rings (SSSR count). The van der Waals surface area contributed by atoms with E-state index in [1.165, 1.54) is 19.3 Å².